The highest BCUT2D eigenvalue weighted by Crippen LogP contribution is 2.47. The maximum absolute atomic E-state index is 14.5. The third kappa shape index (κ3) is 5.12. The minimum absolute atomic E-state index is 0.237. The first-order valence-corrected chi connectivity index (χ1v) is 13.6. The highest BCUT2D eigenvalue weighted by atomic mass is 35.5. The summed E-state index contributed by atoms with van der Waals surface area (Å²) in [5.74, 6) is 1.03. The molecule has 4 aromatic rings. The van der Waals surface area contributed by atoms with Gasteiger partial charge in [0.15, 0.2) is 11.5 Å². The number of aromatic nitrogens is 2. The van der Waals surface area contributed by atoms with Gasteiger partial charge in [0, 0.05) is 24.2 Å². The highest BCUT2D eigenvalue weighted by Gasteiger charge is 2.33. The molecule has 0 aliphatic carbocycles. The molecule has 6 rings (SSSR count). The fourth-order valence-electron chi connectivity index (χ4n) is 5.60. The van der Waals surface area contributed by atoms with Crippen LogP contribution in [0.25, 0.3) is 11.0 Å². The highest BCUT2D eigenvalue weighted by molar-refractivity contribution is 6.30. The number of para-hydroxylation sites is 1. The Morgan fingerprint density at radius 2 is 1.95 bits per heavy atom. The molecule has 0 spiro atoms. The van der Waals surface area contributed by atoms with Crippen molar-refractivity contribution in [3.05, 3.63) is 88.0 Å². The number of rotatable bonds is 8. The summed E-state index contributed by atoms with van der Waals surface area (Å²) in [5, 5.41) is 9.77. The van der Waals surface area contributed by atoms with Crippen LogP contribution in [0.5, 0.6) is 11.5 Å². The molecule has 3 aromatic carbocycles. The Morgan fingerprint density at radius 1 is 1.12 bits per heavy atom. The molecule has 1 saturated heterocycles. The van der Waals surface area contributed by atoms with E-state index in [9.17, 15) is 14.3 Å². The second-order valence-corrected chi connectivity index (χ2v) is 10.6. The van der Waals surface area contributed by atoms with Gasteiger partial charge in [-0.2, -0.15) is 0 Å². The molecule has 1 atom stereocenters. The monoisotopic (exact) mass is 565 g/mol. The average molecular weight is 566 g/mol. The summed E-state index contributed by atoms with van der Waals surface area (Å²) in [6.45, 7) is 3.46. The van der Waals surface area contributed by atoms with Gasteiger partial charge in [-0.15, -0.1) is 0 Å². The lowest BCUT2D eigenvalue weighted by atomic mass is 9.88. The molecule has 1 fully saturated rings. The Balaban J connectivity index is 1.16. The number of imidazole rings is 1. The van der Waals surface area contributed by atoms with E-state index >= 15 is 0 Å². The average Bonchev–Trinajstić information content (AvgIpc) is 3.53. The van der Waals surface area contributed by atoms with Crippen LogP contribution < -0.4 is 9.47 Å². The van der Waals surface area contributed by atoms with Gasteiger partial charge in [-0.05, 0) is 74.3 Å². The van der Waals surface area contributed by atoms with Gasteiger partial charge in [0.2, 0.25) is 0 Å². The lowest BCUT2D eigenvalue weighted by Gasteiger charge is -2.32. The van der Waals surface area contributed by atoms with Crippen molar-refractivity contribution < 1.29 is 28.5 Å². The Bertz CT molecular complexity index is 1570. The molecule has 0 saturated carbocycles. The number of halogens is 2. The van der Waals surface area contributed by atoms with Crippen LogP contribution in [-0.4, -0.2) is 52.3 Å². The number of carboxylic acid groups (broad SMARTS) is 1. The van der Waals surface area contributed by atoms with E-state index in [1.54, 1.807) is 37.4 Å². The van der Waals surface area contributed by atoms with Crippen molar-refractivity contribution in [3.63, 3.8) is 0 Å². The number of carboxylic acids is 1. The van der Waals surface area contributed by atoms with E-state index in [0.717, 1.165) is 48.4 Å². The van der Waals surface area contributed by atoms with Gasteiger partial charge in [-0.1, -0.05) is 23.7 Å². The third-order valence-electron chi connectivity index (χ3n) is 7.67. The number of hydrogen-bond acceptors (Lipinski definition) is 6. The molecule has 10 heteroatoms. The summed E-state index contributed by atoms with van der Waals surface area (Å²) >= 11 is 5.91. The number of ether oxygens (including phenoxy) is 3. The van der Waals surface area contributed by atoms with Crippen LogP contribution in [-0.2, 0) is 17.8 Å². The quantitative estimate of drug-likeness (QED) is 0.279. The van der Waals surface area contributed by atoms with Crippen molar-refractivity contribution >= 4 is 28.6 Å². The maximum Gasteiger partial charge on any atom is 0.335 e. The predicted molar refractivity (Wildman–Crippen MR) is 148 cm³/mol. The lowest BCUT2D eigenvalue weighted by molar-refractivity contribution is 0.0445. The van der Waals surface area contributed by atoms with Crippen molar-refractivity contribution in [3.8, 4) is 11.5 Å². The molecular formula is C30H29ClFN3O5. The molecule has 0 bridgehead atoms. The molecule has 2 aliphatic heterocycles. The van der Waals surface area contributed by atoms with Crippen molar-refractivity contribution in [1.29, 1.82) is 0 Å². The number of piperidine rings is 1. The third-order valence-corrected chi connectivity index (χ3v) is 7.91. The number of carbonyl (C=O) groups is 1. The number of likely N-dealkylation sites (tertiary alicyclic amines) is 1. The first-order valence-electron chi connectivity index (χ1n) is 13.3. The maximum atomic E-state index is 14.5. The summed E-state index contributed by atoms with van der Waals surface area (Å²) in [4.78, 5) is 18.7. The van der Waals surface area contributed by atoms with Gasteiger partial charge in [0.1, 0.15) is 11.6 Å². The Kier molecular flexibility index (Phi) is 7.35. The van der Waals surface area contributed by atoms with E-state index in [1.807, 2.05) is 12.1 Å². The second-order valence-electron chi connectivity index (χ2n) is 10.1. The molecule has 1 aromatic heterocycles. The van der Waals surface area contributed by atoms with Gasteiger partial charge < -0.3 is 23.9 Å². The zero-order valence-electron chi connectivity index (χ0n) is 22.0. The van der Waals surface area contributed by atoms with Crippen LogP contribution in [0.15, 0.2) is 54.6 Å². The van der Waals surface area contributed by atoms with Crippen molar-refractivity contribution in [2.45, 2.75) is 38.1 Å². The van der Waals surface area contributed by atoms with Crippen LogP contribution in [0.2, 0.25) is 5.02 Å². The molecule has 2 aliphatic rings. The van der Waals surface area contributed by atoms with Crippen molar-refractivity contribution in [2.75, 3.05) is 26.8 Å². The SMILES string of the molecule is COCCn1c(CN2CCC(c3cccc4c3OC(c3ccc(Cl)cc3F)O4)CC2)nc2ccc(C(=O)O)cc21. The van der Waals surface area contributed by atoms with Gasteiger partial charge in [-0.25, -0.2) is 14.2 Å². The fraction of sp³-hybridized carbons (Fsp3) is 0.333. The number of nitrogens with zero attached hydrogens (tertiary/aromatic N) is 3. The summed E-state index contributed by atoms with van der Waals surface area (Å²) in [7, 11) is 1.65. The predicted octanol–water partition coefficient (Wildman–Crippen LogP) is 6.02. The molecule has 208 valence electrons. The smallest absolute Gasteiger partial charge is 0.335 e. The van der Waals surface area contributed by atoms with Crippen molar-refractivity contribution in [2.24, 2.45) is 0 Å². The first-order chi connectivity index (χ1) is 19.4. The van der Waals surface area contributed by atoms with Gasteiger partial charge in [0.05, 0.1) is 35.3 Å². The molecule has 0 amide bonds. The Hall–Kier alpha value is -3.66. The largest absolute Gasteiger partial charge is 0.478 e. The number of aromatic carboxylic acids is 1. The van der Waals surface area contributed by atoms with Gasteiger partial charge in [0.25, 0.3) is 6.29 Å². The Morgan fingerprint density at radius 3 is 2.70 bits per heavy atom. The van der Waals surface area contributed by atoms with Crippen LogP contribution in [0.1, 0.15) is 52.4 Å². The number of methoxy groups -OCH3 is 1. The van der Waals surface area contributed by atoms with E-state index in [0.29, 0.717) is 41.8 Å². The summed E-state index contributed by atoms with van der Waals surface area (Å²) < 4.78 is 34.0. The molecule has 0 radical (unpaired) electrons. The number of hydrogen-bond donors (Lipinski definition) is 1. The topological polar surface area (TPSA) is 86.0 Å². The molecule has 1 N–H and O–H groups in total. The van der Waals surface area contributed by atoms with Crippen LogP contribution in [0.4, 0.5) is 4.39 Å². The standard InChI is InChI=1S/C30H29ClFN3O5/c1-38-14-13-35-25-15-19(29(36)37)5-8-24(25)33-27(35)17-34-11-9-18(10-12-34)21-3-2-4-26-28(21)40-30(39-26)22-7-6-20(31)16-23(22)32/h2-8,15-16,18,30H,9-14,17H2,1H3,(H,36,37). The molecule has 3 heterocycles. The lowest BCUT2D eigenvalue weighted by Crippen LogP contribution is -2.33. The normalized spacial score (nSPS) is 17.5. The van der Waals surface area contributed by atoms with E-state index in [2.05, 4.69) is 15.5 Å². The summed E-state index contributed by atoms with van der Waals surface area (Å²) in [6, 6.07) is 15.4. The number of benzene rings is 3. The molecule has 40 heavy (non-hydrogen) atoms. The molecule has 1 unspecified atom stereocenters. The molecule has 8 nitrogen and oxygen atoms in total. The van der Waals surface area contributed by atoms with E-state index in [1.165, 1.54) is 6.07 Å². The van der Waals surface area contributed by atoms with Crippen LogP contribution >= 0.6 is 11.6 Å². The minimum Gasteiger partial charge on any atom is -0.478 e. The van der Waals surface area contributed by atoms with Crippen LogP contribution in [0, 0.1) is 5.82 Å². The summed E-state index contributed by atoms with van der Waals surface area (Å²) in [5.41, 5.74) is 3.19. The van der Waals surface area contributed by atoms with Crippen LogP contribution in [0.3, 0.4) is 0 Å². The zero-order valence-corrected chi connectivity index (χ0v) is 22.7. The van der Waals surface area contributed by atoms with E-state index < -0.39 is 18.1 Å². The van der Waals surface area contributed by atoms with E-state index in [-0.39, 0.29) is 11.5 Å². The van der Waals surface area contributed by atoms with Gasteiger partial charge >= 0.3 is 5.97 Å². The zero-order chi connectivity index (χ0) is 27.8. The fourth-order valence-corrected chi connectivity index (χ4v) is 5.76. The Labute approximate surface area is 235 Å². The van der Waals surface area contributed by atoms with Gasteiger partial charge in [-0.3, -0.25) is 4.90 Å². The minimum atomic E-state index is -0.962. The number of fused-ring (bicyclic) bond motifs is 2. The second kappa shape index (κ2) is 11.1. The van der Waals surface area contributed by atoms with Crippen molar-refractivity contribution in [1.82, 2.24) is 14.5 Å². The molecular weight excluding hydrogens is 537 g/mol. The summed E-state index contributed by atoms with van der Waals surface area (Å²) in [6.07, 6.45) is 0.984. The van der Waals surface area contributed by atoms with E-state index in [4.69, 9.17) is 30.8 Å². The first kappa shape index (κ1) is 26.6.